The van der Waals surface area contributed by atoms with Gasteiger partial charge in [-0.2, -0.15) is 0 Å². The van der Waals surface area contributed by atoms with Crippen molar-refractivity contribution in [1.82, 2.24) is 0 Å². The molecule has 0 atom stereocenters. The Morgan fingerprint density at radius 2 is 0.506 bits per heavy atom. The van der Waals surface area contributed by atoms with Gasteiger partial charge in [0, 0.05) is 70.2 Å². The molecule has 13 heteroatoms. The van der Waals surface area contributed by atoms with Crippen LogP contribution >= 0.6 is 0 Å². The van der Waals surface area contributed by atoms with E-state index >= 15 is 0 Å². The van der Waals surface area contributed by atoms with E-state index in [4.69, 9.17) is 18.9 Å². The molecule has 0 amide bonds. The van der Waals surface area contributed by atoms with Crippen molar-refractivity contribution < 1.29 is 79.6 Å². The van der Waals surface area contributed by atoms with Crippen molar-refractivity contribution >= 4 is 23.9 Å². The molecule has 0 fully saturated rings. The molecule has 8 aromatic carbocycles. The molecule has 4 heterocycles. The van der Waals surface area contributed by atoms with E-state index in [9.17, 15) is 39.6 Å². The van der Waals surface area contributed by atoms with Gasteiger partial charge in [0.2, 0.25) is 0 Å². The van der Waals surface area contributed by atoms with Gasteiger partial charge in [0.1, 0.15) is 46.0 Å². The van der Waals surface area contributed by atoms with Crippen molar-refractivity contribution in [3.05, 3.63) is 235 Å². The summed E-state index contributed by atoms with van der Waals surface area (Å²) in [5, 5.41) is 45.6. The number of para-hydroxylation sites is 4. The van der Waals surface area contributed by atoms with E-state index < -0.39 is 23.9 Å². The van der Waals surface area contributed by atoms with Gasteiger partial charge in [-0.1, -0.05) is 125 Å². The number of ether oxygens (including phenoxy) is 4. The van der Waals surface area contributed by atoms with Gasteiger partial charge >= 0.3 is 21.1 Å². The van der Waals surface area contributed by atoms with Crippen LogP contribution in [0.25, 0.3) is 0 Å². The Labute approximate surface area is 460 Å². The second-order valence-corrected chi connectivity index (χ2v) is 18.4. The van der Waals surface area contributed by atoms with Gasteiger partial charge in [-0.25, -0.2) is 0 Å². The van der Waals surface area contributed by atoms with Crippen molar-refractivity contribution in [1.29, 1.82) is 0 Å². The first-order valence-corrected chi connectivity index (χ1v) is 25.3. The quantitative estimate of drug-likeness (QED) is 0.131. The molecule has 0 aromatic heterocycles. The Kier molecular flexibility index (Phi) is 17.1. The van der Waals surface area contributed by atoms with E-state index in [0.29, 0.717) is 74.4 Å². The Morgan fingerprint density at radius 1 is 0.312 bits per heavy atom. The molecule has 0 spiro atoms. The zero-order valence-corrected chi connectivity index (χ0v) is 44.8. The predicted molar refractivity (Wildman–Crippen MR) is 278 cm³/mol. The first-order valence-electron chi connectivity index (χ1n) is 25.3. The van der Waals surface area contributed by atoms with Crippen LogP contribution < -0.4 is 39.4 Å². The minimum absolute atomic E-state index is 0. The molecule has 0 bridgehead atoms. The molecular weight excluding hydrogens is 1060 g/mol. The van der Waals surface area contributed by atoms with Gasteiger partial charge in [0.05, 0.1) is 23.9 Å². The van der Waals surface area contributed by atoms with Crippen LogP contribution in [0.4, 0.5) is 0 Å². The third kappa shape index (κ3) is 11.4. The fourth-order valence-corrected chi connectivity index (χ4v) is 10.2. The zero-order valence-electron chi connectivity index (χ0n) is 42.8. The van der Waals surface area contributed by atoms with Crippen molar-refractivity contribution in [3.63, 3.8) is 0 Å². The van der Waals surface area contributed by atoms with E-state index in [1.165, 1.54) is 0 Å². The molecule has 4 aliphatic heterocycles. The van der Waals surface area contributed by atoms with Crippen LogP contribution in [0.2, 0.25) is 0 Å². The largest absolute Gasteiger partial charge is 4.00 e. The minimum atomic E-state index is -1.13. The van der Waals surface area contributed by atoms with Crippen LogP contribution in [0.15, 0.2) is 146 Å². The normalized spacial score (nSPS) is 12.1. The van der Waals surface area contributed by atoms with Gasteiger partial charge in [0.15, 0.2) is 0 Å². The molecule has 0 aliphatic carbocycles. The predicted octanol–water partition coefficient (Wildman–Crippen LogP) is 9.23. The molecule has 0 saturated heterocycles. The molecule has 0 saturated carbocycles. The van der Waals surface area contributed by atoms with Crippen molar-refractivity contribution in [2.24, 2.45) is 0 Å². The molecule has 4 aliphatic rings. The van der Waals surface area contributed by atoms with Crippen molar-refractivity contribution in [3.8, 4) is 46.0 Å². The van der Waals surface area contributed by atoms with E-state index in [2.05, 4.69) is 0 Å². The summed E-state index contributed by atoms with van der Waals surface area (Å²) in [6.07, 6.45) is 4.95. The molecule has 12 rings (SSSR count). The number of carboxylic acid groups (broad SMARTS) is 4. The number of rotatable bonds is 8. The third-order valence-electron chi connectivity index (χ3n) is 14.0. The third-order valence-corrected chi connectivity index (χ3v) is 14.0. The van der Waals surface area contributed by atoms with Crippen LogP contribution in [-0.2, 0) is 72.4 Å². The maximum atomic E-state index is 11.4. The zero-order chi connectivity index (χ0) is 53.6. The smallest absolute Gasteiger partial charge is 0.545 e. The van der Waals surface area contributed by atoms with Crippen LogP contribution in [0.1, 0.15) is 136 Å². The maximum absolute atomic E-state index is 11.4. The van der Waals surface area contributed by atoms with E-state index in [0.717, 1.165) is 89.8 Å². The van der Waals surface area contributed by atoms with Gasteiger partial charge in [-0.05, 0) is 119 Å². The van der Waals surface area contributed by atoms with Crippen LogP contribution in [-0.4, -0.2) is 23.9 Å². The number of benzene rings is 8. The molecular formula is C64H52MoO12. The standard InChI is InChI=1S/4C16H14O3.Mo/c4*1-2-10-7-8-14-12(15(10)16(17)18)9-11-5-3-4-6-13(11)19-14;/h4*3-8H,2,9H2,1H3,(H,17,18);/q;;;;+4/p-4. The average Bonchev–Trinajstić information content (AvgIpc) is 3.45. The molecule has 12 nitrogen and oxygen atoms in total. The molecule has 77 heavy (non-hydrogen) atoms. The second-order valence-electron chi connectivity index (χ2n) is 18.4. The SMILES string of the molecule is CCc1ccc2c(c1C(=O)[O-])Cc1ccccc1O2.CCc1ccc2c(c1C(=O)[O-])Cc1ccccc1O2.CCc1ccc2c(c1C(=O)[O-])Cc1ccccc1O2.CCc1ccc2c(c1C(=O)[O-])Cc1ccccc1O2.[Mo+4]. The van der Waals surface area contributed by atoms with E-state index in [1.54, 1.807) is 24.3 Å². The molecule has 0 N–H and O–H groups in total. The summed E-state index contributed by atoms with van der Waals surface area (Å²) in [6.45, 7) is 7.75. The number of carbonyl (C=O) groups is 4. The Morgan fingerprint density at radius 3 is 0.688 bits per heavy atom. The monoisotopic (exact) mass is 1110 g/mol. The Balaban J connectivity index is 0.000000135. The summed E-state index contributed by atoms with van der Waals surface area (Å²) < 4.78 is 23.1. The van der Waals surface area contributed by atoms with Crippen LogP contribution in [0.3, 0.4) is 0 Å². The minimum Gasteiger partial charge on any atom is -0.545 e. The second kappa shape index (κ2) is 24.0. The number of carbonyl (C=O) groups excluding carboxylic acids is 4. The van der Waals surface area contributed by atoms with Gasteiger partial charge in [0.25, 0.3) is 0 Å². The van der Waals surface area contributed by atoms with Gasteiger partial charge < -0.3 is 58.6 Å². The van der Waals surface area contributed by atoms with E-state index in [-0.39, 0.29) is 43.3 Å². The van der Waals surface area contributed by atoms with Gasteiger partial charge in [-0.15, -0.1) is 0 Å². The molecule has 386 valence electrons. The fraction of sp³-hybridized carbons (Fsp3) is 0.188. The fourth-order valence-electron chi connectivity index (χ4n) is 10.2. The first-order chi connectivity index (χ1) is 36.8. The summed E-state index contributed by atoms with van der Waals surface area (Å²) in [5.74, 6) is 1.15. The average molecular weight is 1110 g/mol. The number of carboxylic acids is 4. The van der Waals surface area contributed by atoms with E-state index in [1.807, 2.05) is 149 Å². The van der Waals surface area contributed by atoms with Crippen molar-refractivity contribution in [2.75, 3.05) is 0 Å². The summed E-state index contributed by atoms with van der Waals surface area (Å²) in [6, 6.07) is 45.3. The molecule has 0 radical (unpaired) electrons. The van der Waals surface area contributed by atoms with Gasteiger partial charge in [-0.3, -0.25) is 0 Å². The summed E-state index contributed by atoms with van der Waals surface area (Å²) in [5.41, 5.74) is 11.2. The summed E-state index contributed by atoms with van der Waals surface area (Å²) >= 11 is 0. The number of hydrogen-bond acceptors (Lipinski definition) is 12. The summed E-state index contributed by atoms with van der Waals surface area (Å²) in [4.78, 5) is 45.6. The Hall–Kier alpha value is -8.47. The number of aryl methyl sites for hydroxylation is 4. The first kappa shape index (κ1) is 54.8. The number of aromatic carboxylic acids is 4. The summed E-state index contributed by atoms with van der Waals surface area (Å²) in [7, 11) is 0. The Bertz CT molecular complexity index is 3110. The van der Waals surface area contributed by atoms with Crippen molar-refractivity contribution in [2.45, 2.75) is 79.1 Å². The molecule has 8 aromatic rings. The van der Waals surface area contributed by atoms with Crippen LogP contribution in [0.5, 0.6) is 46.0 Å². The number of hydrogen-bond donors (Lipinski definition) is 0. The topological polar surface area (TPSA) is 197 Å². The maximum Gasteiger partial charge on any atom is 4.00 e. The van der Waals surface area contributed by atoms with Crippen LogP contribution in [0, 0.1) is 0 Å². The number of fused-ring (bicyclic) bond motifs is 8. The molecule has 0 unspecified atom stereocenters.